The highest BCUT2D eigenvalue weighted by molar-refractivity contribution is 9.10. The Bertz CT molecular complexity index is 882. The summed E-state index contributed by atoms with van der Waals surface area (Å²) in [5.41, 5.74) is 0.922. The topological polar surface area (TPSA) is 55.0 Å². The monoisotopic (exact) mass is 458 g/mol. The van der Waals surface area contributed by atoms with E-state index < -0.39 is 0 Å². The van der Waals surface area contributed by atoms with Crippen molar-refractivity contribution in [2.75, 3.05) is 5.32 Å². The first kappa shape index (κ1) is 18.3. The highest BCUT2D eigenvalue weighted by atomic mass is 79.9. The molecule has 0 aliphatic rings. The predicted octanol–water partition coefficient (Wildman–Crippen LogP) is 5.08. The standard InChI is InChI=1S/C16H13BrCl2N4OS/c17-13-9-23(8-10-3-4-11(18)6-14(10)19)22-15(13)21-16(25)20-7-12-2-1-5-24-12/h1-6,9H,7-8H2,(H2,20,21,22,25). The molecule has 0 radical (unpaired) electrons. The lowest BCUT2D eigenvalue weighted by Crippen LogP contribution is -2.28. The maximum Gasteiger partial charge on any atom is 0.172 e. The number of halogens is 3. The van der Waals surface area contributed by atoms with Crippen LogP contribution in [0, 0.1) is 0 Å². The number of aromatic nitrogens is 2. The molecule has 0 spiro atoms. The van der Waals surface area contributed by atoms with Crippen LogP contribution in [0.2, 0.25) is 10.0 Å². The van der Waals surface area contributed by atoms with Crippen molar-refractivity contribution in [3.8, 4) is 0 Å². The summed E-state index contributed by atoms with van der Waals surface area (Å²) in [6.45, 7) is 1.01. The van der Waals surface area contributed by atoms with Gasteiger partial charge in [0.05, 0.1) is 23.8 Å². The Balaban J connectivity index is 1.62. The summed E-state index contributed by atoms with van der Waals surface area (Å²) in [5.74, 6) is 1.41. The Hall–Kier alpha value is -1.54. The van der Waals surface area contributed by atoms with Crippen LogP contribution < -0.4 is 10.6 Å². The quantitative estimate of drug-likeness (QED) is 0.521. The van der Waals surface area contributed by atoms with Gasteiger partial charge in [0.1, 0.15) is 5.76 Å². The third-order valence-corrected chi connectivity index (χ3v) is 4.71. The summed E-state index contributed by atoms with van der Waals surface area (Å²) < 4.78 is 7.80. The number of nitrogens with zero attached hydrogens (tertiary/aromatic N) is 2. The molecule has 130 valence electrons. The van der Waals surface area contributed by atoms with Crippen molar-refractivity contribution in [2.45, 2.75) is 13.1 Å². The van der Waals surface area contributed by atoms with Gasteiger partial charge in [0, 0.05) is 16.2 Å². The molecule has 3 aromatic rings. The van der Waals surface area contributed by atoms with Crippen molar-refractivity contribution in [3.05, 3.63) is 68.6 Å². The molecule has 0 amide bonds. The number of furan rings is 1. The normalized spacial score (nSPS) is 10.7. The van der Waals surface area contributed by atoms with E-state index in [-0.39, 0.29) is 0 Å². The number of thiocarbonyl (C=S) groups is 1. The van der Waals surface area contributed by atoms with Crippen molar-refractivity contribution in [3.63, 3.8) is 0 Å². The number of nitrogens with one attached hydrogen (secondary N) is 2. The predicted molar refractivity (Wildman–Crippen MR) is 107 cm³/mol. The molecule has 0 saturated heterocycles. The van der Waals surface area contributed by atoms with E-state index in [4.69, 9.17) is 39.8 Å². The number of hydrogen-bond acceptors (Lipinski definition) is 3. The van der Waals surface area contributed by atoms with Crippen molar-refractivity contribution < 1.29 is 4.42 Å². The van der Waals surface area contributed by atoms with E-state index in [9.17, 15) is 0 Å². The molecule has 25 heavy (non-hydrogen) atoms. The summed E-state index contributed by atoms with van der Waals surface area (Å²) in [6.07, 6.45) is 3.47. The first-order valence-electron chi connectivity index (χ1n) is 7.25. The number of hydrogen-bond donors (Lipinski definition) is 2. The summed E-state index contributed by atoms with van der Waals surface area (Å²) in [7, 11) is 0. The van der Waals surface area contributed by atoms with Crippen LogP contribution in [0.5, 0.6) is 0 Å². The molecule has 2 heterocycles. The summed E-state index contributed by atoms with van der Waals surface area (Å²) in [5, 5.41) is 12.2. The van der Waals surface area contributed by atoms with Gasteiger partial charge < -0.3 is 15.1 Å². The summed E-state index contributed by atoms with van der Waals surface area (Å²) in [4.78, 5) is 0. The molecule has 1 aromatic carbocycles. The Labute approximate surface area is 168 Å². The lowest BCUT2D eigenvalue weighted by atomic mass is 10.2. The van der Waals surface area contributed by atoms with Gasteiger partial charge in [0.2, 0.25) is 0 Å². The SMILES string of the molecule is S=C(NCc1ccco1)Nc1nn(Cc2ccc(Cl)cc2Cl)cc1Br. The van der Waals surface area contributed by atoms with Crippen molar-refractivity contribution in [1.29, 1.82) is 0 Å². The fourth-order valence-corrected chi connectivity index (χ4v) is 3.17. The minimum Gasteiger partial charge on any atom is -0.467 e. The second-order valence-corrected chi connectivity index (χ2v) is 7.25. The fraction of sp³-hybridized carbons (Fsp3) is 0.125. The van der Waals surface area contributed by atoms with Crippen LogP contribution >= 0.6 is 51.3 Å². The van der Waals surface area contributed by atoms with Gasteiger partial charge in [-0.25, -0.2) is 0 Å². The molecule has 5 nitrogen and oxygen atoms in total. The first-order valence-corrected chi connectivity index (χ1v) is 9.21. The molecule has 0 unspecified atom stereocenters. The lowest BCUT2D eigenvalue weighted by molar-refractivity contribution is 0.503. The van der Waals surface area contributed by atoms with Gasteiger partial charge >= 0.3 is 0 Å². The minimum atomic E-state index is 0.451. The van der Waals surface area contributed by atoms with E-state index in [1.165, 1.54) is 0 Å². The van der Waals surface area contributed by atoms with Gasteiger partial charge in [-0.05, 0) is 58.0 Å². The van der Waals surface area contributed by atoms with Crippen LogP contribution in [-0.2, 0) is 13.1 Å². The highest BCUT2D eigenvalue weighted by Gasteiger charge is 2.10. The second-order valence-electron chi connectivity index (χ2n) is 5.15. The van der Waals surface area contributed by atoms with Crippen LogP contribution in [0.4, 0.5) is 5.82 Å². The van der Waals surface area contributed by atoms with E-state index in [1.54, 1.807) is 23.1 Å². The van der Waals surface area contributed by atoms with E-state index in [0.717, 1.165) is 15.8 Å². The number of rotatable bonds is 5. The molecule has 0 aliphatic carbocycles. The largest absolute Gasteiger partial charge is 0.467 e. The fourth-order valence-electron chi connectivity index (χ4n) is 2.12. The third kappa shape index (κ3) is 4.98. The second kappa shape index (κ2) is 8.23. The molecule has 0 atom stereocenters. The van der Waals surface area contributed by atoms with E-state index in [1.807, 2.05) is 24.4 Å². The van der Waals surface area contributed by atoms with Crippen LogP contribution in [-0.4, -0.2) is 14.9 Å². The molecule has 0 saturated carbocycles. The zero-order chi connectivity index (χ0) is 17.8. The van der Waals surface area contributed by atoms with Gasteiger partial charge in [-0.2, -0.15) is 5.10 Å². The number of benzene rings is 1. The molecule has 2 N–H and O–H groups in total. The van der Waals surface area contributed by atoms with Crippen molar-refractivity contribution >= 4 is 62.3 Å². The smallest absolute Gasteiger partial charge is 0.172 e. The molecule has 3 rings (SSSR count). The Morgan fingerprint density at radius 3 is 2.88 bits per heavy atom. The van der Waals surface area contributed by atoms with E-state index >= 15 is 0 Å². The maximum atomic E-state index is 6.21. The van der Waals surface area contributed by atoms with Gasteiger partial charge in [-0.3, -0.25) is 4.68 Å². The molecule has 0 aliphatic heterocycles. The van der Waals surface area contributed by atoms with Crippen LogP contribution in [0.25, 0.3) is 0 Å². The Morgan fingerprint density at radius 1 is 1.32 bits per heavy atom. The van der Waals surface area contributed by atoms with E-state index in [0.29, 0.717) is 34.1 Å². The van der Waals surface area contributed by atoms with Crippen LogP contribution in [0.1, 0.15) is 11.3 Å². The van der Waals surface area contributed by atoms with Crippen LogP contribution in [0.15, 0.2) is 51.7 Å². The first-order chi connectivity index (χ1) is 12.0. The lowest BCUT2D eigenvalue weighted by Gasteiger charge is -2.08. The van der Waals surface area contributed by atoms with Crippen molar-refractivity contribution in [2.24, 2.45) is 0 Å². The van der Waals surface area contributed by atoms with Crippen molar-refractivity contribution in [1.82, 2.24) is 15.1 Å². The molecular formula is C16H13BrCl2N4OS. The minimum absolute atomic E-state index is 0.451. The van der Waals surface area contributed by atoms with Gasteiger partial charge in [-0.15, -0.1) is 0 Å². The molecule has 9 heteroatoms. The summed E-state index contributed by atoms with van der Waals surface area (Å²) >= 11 is 20.9. The number of anilines is 1. The highest BCUT2D eigenvalue weighted by Crippen LogP contribution is 2.24. The average molecular weight is 460 g/mol. The van der Waals surface area contributed by atoms with Crippen LogP contribution in [0.3, 0.4) is 0 Å². The Morgan fingerprint density at radius 2 is 2.16 bits per heavy atom. The van der Waals surface area contributed by atoms with E-state index in [2.05, 4.69) is 31.7 Å². The zero-order valence-electron chi connectivity index (χ0n) is 12.8. The van der Waals surface area contributed by atoms with Gasteiger partial charge in [0.25, 0.3) is 0 Å². The molecule has 2 aromatic heterocycles. The average Bonchev–Trinajstić information content (AvgIpc) is 3.19. The zero-order valence-corrected chi connectivity index (χ0v) is 16.7. The Kier molecular flexibility index (Phi) is 6.01. The molecule has 0 fully saturated rings. The van der Waals surface area contributed by atoms with Gasteiger partial charge in [-0.1, -0.05) is 29.3 Å². The maximum absolute atomic E-state index is 6.21. The summed E-state index contributed by atoms with van der Waals surface area (Å²) in [6, 6.07) is 9.09. The van der Waals surface area contributed by atoms with Gasteiger partial charge in [0.15, 0.2) is 10.9 Å². The molecular weight excluding hydrogens is 447 g/mol. The molecule has 0 bridgehead atoms. The third-order valence-electron chi connectivity index (χ3n) is 3.30.